The van der Waals surface area contributed by atoms with Crippen molar-refractivity contribution < 1.29 is 9.32 Å². The summed E-state index contributed by atoms with van der Waals surface area (Å²) in [5.74, 6) is 0.431. The van der Waals surface area contributed by atoms with Crippen molar-refractivity contribution in [3.05, 3.63) is 52.4 Å². The fourth-order valence-corrected chi connectivity index (χ4v) is 2.27. The Bertz CT molecular complexity index is 583. The Morgan fingerprint density at radius 2 is 2.00 bits per heavy atom. The van der Waals surface area contributed by atoms with E-state index >= 15 is 0 Å². The van der Waals surface area contributed by atoms with Crippen LogP contribution in [-0.4, -0.2) is 11.1 Å². The molecular weight excluding hydrogens is 254 g/mol. The van der Waals surface area contributed by atoms with Crippen LogP contribution >= 0.6 is 0 Å². The maximum absolute atomic E-state index is 11.0. The van der Waals surface area contributed by atoms with E-state index in [-0.39, 0.29) is 6.04 Å². The van der Waals surface area contributed by atoms with Crippen molar-refractivity contribution in [2.24, 2.45) is 5.73 Å². The Kier molecular flexibility index (Phi) is 4.20. The summed E-state index contributed by atoms with van der Waals surface area (Å²) in [5.41, 5.74) is 8.83. The number of rotatable bonds is 5. The van der Waals surface area contributed by atoms with Gasteiger partial charge in [0.15, 0.2) is 0 Å². The zero-order valence-electron chi connectivity index (χ0n) is 11.9. The van der Waals surface area contributed by atoms with Crippen LogP contribution in [0.3, 0.4) is 0 Å². The minimum Gasteiger partial charge on any atom is -0.366 e. The third kappa shape index (κ3) is 3.05. The highest BCUT2D eigenvalue weighted by Gasteiger charge is 2.15. The van der Waals surface area contributed by atoms with Gasteiger partial charge >= 0.3 is 0 Å². The van der Waals surface area contributed by atoms with Gasteiger partial charge in [-0.3, -0.25) is 4.79 Å². The number of aromatic nitrogens is 1. The molecule has 0 fully saturated rings. The number of nitrogens with two attached hydrogens (primary N) is 1. The van der Waals surface area contributed by atoms with E-state index in [2.05, 4.69) is 17.4 Å². The van der Waals surface area contributed by atoms with Crippen LogP contribution in [0.2, 0.25) is 0 Å². The molecule has 1 amide bonds. The van der Waals surface area contributed by atoms with E-state index in [1.807, 2.05) is 26.0 Å². The molecule has 0 aliphatic heterocycles. The van der Waals surface area contributed by atoms with Crippen LogP contribution in [-0.2, 0) is 6.54 Å². The molecule has 0 bridgehead atoms. The fourth-order valence-electron chi connectivity index (χ4n) is 2.27. The smallest absolute Gasteiger partial charge is 0.248 e. The number of aryl methyl sites for hydroxylation is 2. The first-order chi connectivity index (χ1) is 9.49. The number of nitrogens with one attached hydrogen (secondary N) is 1. The van der Waals surface area contributed by atoms with Crippen molar-refractivity contribution in [2.45, 2.75) is 33.4 Å². The van der Waals surface area contributed by atoms with Crippen LogP contribution in [0.4, 0.5) is 0 Å². The standard InChI is InChI=1S/C15H19N3O2/c1-9(14-10(2)18-20-11(14)3)17-8-12-4-6-13(7-5-12)15(16)19/h4-7,9,17H,8H2,1-3H3,(H2,16,19). The van der Waals surface area contributed by atoms with Crippen LogP contribution in [0, 0.1) is 13.8 Å². The van der Waals surface area contributed by atoms with Crippen molar-refractivity contribution in [2.75, 3.05) is 0 Å². The monoisotopic (exact) mass is 273 g/mol. The van der Waals surface area contributed by atoms with Gasteiger partial charge in [0, 0.05) is 23.7 Å². The lowest BCUT2D eigenvalue weighted by atomic mass is 10.1. The van der Waals surface area contributed by atoms with Gasteiger partial charge < -0.3 is 15.6 Å². The molecule has 0 aliphatic carbocycles. The molecule has 1 unspecified atom stereocenters. The van der Waals surface area contributed by atoms with E-state index in [1.165, 1.54) is 0 Å². The largest absolute Gasteiger partial charge is 0.366 e. The average Bonchev–Trinajstić information content (AvgIpc) is 2.76. The molecule has 0 saturated heterocycles. The van der Waals surface area contributed by atoms with Gasteiger partial charge in [0.05, 0.1) is 5.69 Å². The van der Waals surface area contributed by atoms with Gasteiger partial charge in [-0.15, -0.1) is 0 Å². The molecule has 2 aromatic rings. The number of hydrogen-bond donors (Lipinski definition) is 2. The molecule has 20 heavy (non-hydrogen) atoms. The lowest BCUT2D eigenvalue weighted by Crippen LogP contribution is -2.19. The van der Waals surface area contributed by atoms with Gasteiger partial charge in [0.1, 0.15) is 5.76 Å². The summed E-state index contributed by atoms with van der Waals surface area (Å²) >= 11 is 0. The predicted octanol–water partition coefficient (Wildman–Crippen LogP) is 2.24. The second kappa shape index (κ2) is 5.88. The molecule has 106 valence electrons. The fraction of sp³-hybridized carbons (Fsp3) is 0.333. The lowest BCUT2D eigenvalue weighted by Gasteiger charge is -2.13. The van der Waals surface area contributed by atoms with Crippen molar-refractivity contribution in [3.8, 4) is 0 Å². The van der Waals surface area contributed by atoms with E-state index in [9.17, 15) is 4.79 Å². The lowest BCUT2D eigenvalue weighted by molar-refractivity contribution is 0.100. The van der Waals surface area contributed by atoms with E-state index in [1.54, 1.807) is 12.1 Å². The van der Waals surface area contributed by atoms with Crippen LogP contribution in [0.15, 0.2) is 28.8 Å². The highest BCUT2D eigenvalue weighted by Crippen LogP contribution is 2.21. The Balaban J connectivity index is 2.00. The molecule has 0 saturated carbocycles. The number of primary amides is 1. The molecule has 1 aromatic carbocycles. The van der Waals surface area contributed by atoms with Gasteiger partial charge in [0.2, 0.25) is 5.91 Å². The molecule has 5 nitrogen and oxygen atoms in total. The summed E-state index contributed by atoms with van der Waals surface area (Å²) in [6.45, 7) is 6.62. The predicted molar refractivity (Wildman–Crippen MR) is 76.2 cm³/mol. The van der Waals surface area contributed by atoms with Gasteiger partial charge in [-0.1, -0.05) is 17.3 Å². The quantitative estimate of drug-likeness (QED) is 0.875. The molecule has 0 aliphatic rings. The SMILES string of the molecule is Cc1noc(C)c1C(C)NCc1ccc(C(N)=O)cc1. The highest BCUT2D eigenvalue weighted by molar-refractivity contribution is 5.92. The maximum Gasteiger partial charge on any atom is 0.248 e. The molecule has 1 aromatic heterocycles. The van der Waals surface area contributed by atoms with E-state index in [0.717, 1.165) is 22.6 Å². The third-order valence-electron chi connectivity index (χ3n) is 3.37. The van der Waals surface area contributed by atoms with E-state index < -0.39 is 5.91 Å². The van der Waals surface area contributed by atoms with E-state index in [4.69, 9.17) is 10.3 Å². The van der Waals surface area contributed by atoms with Gasteiger partial charge in [0.25, 0.3) is 0 Å². The molecule has 2 rings (SSSR count). The summed E-state index contributed by atoms with van der Waals surface area (Å²) in [4.78, 5) is 11.0. The zero-order valence-corrected chi connectivity index (χ0v) is 11.9. The Morgan fingerprint density at radius 3 is 2.50 bits per heavy atom. The van der Waals surface area contributed by atoms with Crippen molar-refractivity contribution in [3.63, 3.8) is 0 Å². The molecule has 1 atom stereocenters. The average molecular weight is 273 g/mol. The van der Waals surface area contributed by atoms with Crippen LogP contribution < -0.4 is 11.1 Å². The van der Waals surface area contributed by atoms with Gasteiger partial charge in [-0.05, 0) is 38.5 Å². The second-order valence-electron chi connectivity index (χ2n) is 4.90. The maximum atomic E-state index is 11.0. The Hall–Kier alpha value is -2.14. The second-order valence-corrected chi connectivity index (χ2v) is 4.90. The van der Waals surface area contributed by atoms with Crippen molar-refractivity contribution >= 4 is 5.91 Å². The van der Waals surface area contributed by atoms with Gasteiger partial charge in [-0.2, -0.15) is 0 Å². The summed E-state index contributed by atoms with van der Waals surface area (Å²) in [6, 6.07) is 7.41. The van der Waals surface area contributed by atoms with Crippen LogP contribution in [0.5, 0.6) is 0 Å². The van der Waals surface area contributed by atoms with Crippen LogP contribution in [0.25, 0.3) is 0 Å². The Labute approximate surface area is 118 Å². The zero-order chi connectivity index (χ0) is 14.7. The minimum atomic E-state index is -0.409. The summed E-state index contributed by atoms with van der Waals surface area (Å²) < 4.78 is 5.17. The normalized spacial score (nSPS) is 12.3. The Morgan fingerprint density at radius 1 is 1.35 bits per heavy atom. The van der Waals surface area contributed by atoms with Crippen LogP contribution in [0.1, 0.15) is 45.9 Å². The number of carbonyl (C=O) groups is 1. The third-order valence-corrected chi connectivity index (χ3v) is 3.37. The highest BCUT2D eigenvalue weighted by atomic mass is 16.5. The first kappa shape index (κ1) is 14.3. The molecule has 5 heteroatoms. The first-order valence-corrected chi connectivity index (χ1v) is 6.54. The number of benzene rings is 1. The van der Waals surface area contributed by atoms with Crippen molar-refractivity contribution in [1.82, 2.24) is 10.5 Å². The molecule has 3 N–H and O–H groups in total. The molecule has 0 spiro atoms. The first-order valence-electron chi connectivity index (χ1n) is 6.54. The number of hydrogen-bond acceptors (Lipinski definition) is 4. The number of amides is 1. The van der Waals surface area contributed by atoms with Crippen molar-refractivity contribution in [1.29, 1.82) is 0 Å². The van der Waals surface area contributed by atoms with Gasteiger partial charge in [-0.25, -0.2) is 0 Å². The number of carbonyl (C=O) groups excluding carboxylic acids is 1. The summed E-state index contributed by atoms with van der Waals surface area (Å²) in [5, 5.41) is 7.37. The number of nitrogens with zero attached hydrogens (tertiary/aromatic N) is 1. The van der Waals surface area contributed by atoms with E-state index in [0.29, 0.717) is 12.1 Å². The summed E-state index contributed by atoms with van der Waals surface area (Å²) in [6.07, 6.45) is 0. The minimum absolute atomic E-state index is 0.150. The summed E-state index contributed by atoms with van der Waals surface area (Å²) in [7, 11) is 0. The topological polar surface area (TPSA) is 81.2 Å². The molecule has 0 radical (unpaired) electrons. The molecular formula is C15H19N3O2. The molecule has 1 heterocycles.